The number of hydrogen-bond acceptors (Lipinski definition) is 3. The molecule has 1 unspecified atom stereocenters. The summed E-state index contributed by atoms with van der Waals surface area (Å²) in [4.78, 5) is 34.9. The Labute approximate surface area is 106 Å². The zero-order valence-electron chi connectivity index (χ0n) is 10.6. The second-order valence-corrected chi connectivity index (χ2v) is 4.68. The predicted octanol–water partition coefficient (Wildman–Crippen LogP) is 0.226. The van der Waals surface area contributed by atoms with Crippen LogP contribution in [0.3, 0.4) is 0 Å². The summed E-state index contributed by atoms with van der Waals surface area (Å²) in [5.41, 5.74) is 0. The maximum absolute atomic E-state index is 11.8. The van der Waals surface area contributed by atoms with Crippen molar-refractivity contribution in [2.45, 2.75) is 32.6 Å². The van der Waals surface area contributed by atoms with Crippen molar-refractivity contribution in [2.24, 2.45) is 5.92 Å². The molecule has 0 spiro atoms. The first-order chi connectivity index (χ1) is 8.49. The third-order valence-corrected chi connectivity index (χ3v) is 3.05. The second-order valence-electron chi connectivity index (χ2n) is 4.68. The Balaban J connectivity index is 2.33. The standard InChI is InChI=1S/C12H20N2O4/c1-9(15)13-5-4-11(16)14-6-2-3-10(8-14)7-12(17)18/h10H,2-8H2,1H3,(H,13,15)(H,17,18). The maximum Gasteiger partial charge on any atom is 0.303 e. The van der Waals surface area contributed by atoms with Gasteiger partial charge in [-0.25, -0.2) is 0 Å². The van der Waals surface area contributed by atoms with Crippen LogP contribution in [0.15, 0.2) is 0 Å². The van der Waals surface area contributed by atoms with Gasteiger partial charge < -0.3 is 15.3 Å². The summed E-state index contributed by atoms with van der Waals surface area (Å²) < 4.78 is 0. The molecule has 0 bridgehead atoms. The summed E-state index contributed by atoms with van der Waals surface area (Å²) in [6.07, 6.45) is 2.11. The lowest BCUT2D eigenvalue weighted by molar-refractivity contribution is -0.140. The maximum atomic E-state index is 11.8. The molecule has 1 heterocycles. The largest absolute Gasteiger partial charge is 0.481 e. The van der Waals surface area contributed by atoms with Gasteiger partial charge in [0, 0.05) is 39.4 Å². The molecule has 1 atom stereocenters. The van der Waals surface area contributed by atoms with Gasteiger partial charge in [-0.1, -0.05) is 0 Å². The Hall–Kier alpha value is -1.59. The number of nitrogens with one attached hydrogen (secondary N) is 1. The van der Waals surface area contributed by atoms with Crippen molar-refractivity contribution in [1.29, 1.82) is 0 Å². The van der Waals surface area contributed by atoms with E-state index < -0.39 is 5.97 Å². The SMILES string of the molecule is CC(=O)NCCC(=O)N1CCCC(CC(=O)O)C1. The molecule has 1 fully saturated rings. The van der Waals surface area contributed by atoms with Crippen molar-refractivity contribution >= 4 is 17.8 Å². The van der Waals surface area contributed by atoms with Crippen molar-refractivity contribution in [3.05, 3.63) is 0 Å². The molecule has 0 aromatic heterocycles. The van der Waals surface area contributed by atoms with E-state index in [-0.39, 0.29) is 30.6 Å². The van der Waals surface area contributed by atoms with Crippen molar-refractivity contribution < 1.29 is 19.5 Å². The summed E-state index contributed by atoms with van der Waals surface area (Å²) in [5, 5.41) is 11.3. The van der Waals surface area contributed by atoms with Crippen LogP contribution in [0.4, 0.5) is 0 Å². The Morgan fingerprint density at radius 2 is 2.11 bits per heavy atom. The van der Waals surface area contributed by atoms with Crippen LogP contribution in [0.2, 0.25) is 0 Å². The first kappa shape index (κ1) is 14.5. The average molecular weight is 256 g/mol. The molecule has 2 N–H and O–H groups in total. The van der Waals surface area contributed by atoms with Crippen molar-refractivity contribution in [3.63, 3.8) is 0 Å². The zero-order valence-corrected chi connectivity index (χ0v) is 10.6. The van der Waals surface area contributed by atoms with Crippen LogP contribution in [0.25, 0.3) is 0 Å². The summed E-state index contributed by atoms with van der Waals surface area (Å²) in [7, 11) is 0. The number of likely N-dealkylation sites (tertiary alicyclic amines) is 1. The van der Waals surface area contributed by atoms with Gasteiger partial charge in [0.15, 0.2) is 0 Å². The van der Waals surface area contributed by atoms with Gasteiger partial charge in [-0.3, -0.25) is 14.4 Å². The Kier molecular flexibility index (Phi) is 5.61. The third kappa shape index (κ3) is 5.16. The van der Waals surface area contributed by atoms with Gasteiger partial charge in [0.2, 0.25) is 11.8 Å². The number of carboxylic acid groups (broad SMARTS) is 1. The molecule has 0 saturated carbocycles. The van der Waals surface area contributed by atoms with E-state index in [4.69, 9.17) is 5.11 Å². The Bertz CT molecular complexity index is 330. The minimum Gasteiger partial charge on any atom is -0.481 e. The Morgan fingerprint density at radius 3 is 2.72 bits per heavy atom. The van der Waals surface area contributed by atoms with E-state index in [0.29, 0.717) is 19.6 Å². The highest BCUT2D eigenvalue weighted by Gasteiger charge is 2.24. The molecule has 0 aliphatic carbocycles. The normalized spacial score (nSPS) is 19.4. The fourth-order valence-corrected chi connectivity index (χ4v) is 2.21. The number of rotatable bonds is 5. The molecular weight excluding hydrogens is 236 g/mol. The Morgan fingerprint density at radius 1 is 1.39 bits per heavy atom. The lowest BCUT2D eigenvalue weighted by Crippen LogP contribution is -2.41. The van der Waals surface area contributed by atoms with Gasteiger partial charge in [0.1, 0.15) is 0 Å². The van der Waals surface area contributed by atoms with Gasteiger partial charge in [-0.05, 0) is 18.8 Å². The first-order valence-electron chi connectivity index (χ1n) is 6.23. The van der Waals surface area contributed by atoms with E-state index in [9.17, 15) is 14.4 Å². The highest BCUT2D eigenvalue weighted by Crippen LogP contribution is 2.19. The van der Waals surface area contributed by atoms with Crippen LogP contribution in [0, 0.1) is 5.92 Å². The molecule has 1 aliphatic heterocycles. The molecule has 2 amide bonds. The van der Waals surface area contributed by atoms with Crippen LogP contribution >= 0.6 is 0 Å². The second kappa shape index (κ2) is 6.98. The molecule has 0 aromatic carbocycles. The highest BCUT2D eigenvalue weighted by molar-refractivity contribution is 5.78. The van der Waals surface area contributed by atoms with E-state index >= 15 is 0 Å². The van der Waals surface area contributed by atoms with Crippen LogP contribution in [0.5, 0.6) is 0 Å². The number of carbonyl (C=O) groups excluding carboxylic acids is 2. The molecular formula is C12H20N2O4. The van der Waals surface area contributed by atoms with Gasteiger partial charge in [-0.15, -0.1) is 0 Å². The van der Waals surface area contributed by atoms with Crippen LogP contribution < -0.4 is 5.32 Å². The van der Waals surface area contributed by atoms with E-state index in [1.165, 1.54) is 6.92 Å². The molecule has 0 radical (unpaired) electrons. The van der Waals surface area contributed by atoms with Crippen molar-refractivity contribution in [1.82, 2.24) is 10.2 Å². The lowest BCUT2D eigenvalue weighted by Gasteiger charge is -2.32. The summed E-state index contributed by atoms with van der Waals surface area (Å²) in [5.74, 6) is -0.919. The van der Waals surface area contributed by atoms with E-state index in [1.54, 1.807) is 4.90 Å². The number of aliphatic carboxylic acids is 1. The molecule has 102 valence electrons. The zero-order chi connectivity index (χ0) is 13.5. The fraction of sp³-hybridized carbons (Fsp3) is 0.750. The minimum atomic E-state index is -0.812. The topological polar surface area (TPSA) is 86.7 Å². The van der Waals surface area contributed by atoms with Crippen LogP contribution in [-0.4, -0.2) is 47.4 Å². The number of carboxylic acids is 1. The van der Waals surface area contributed by atoms with Crippen LogP contribution in [0.1, 0.15) is 32.6 Å². The molecule has 1 rings (SSSR count). The predicted molar refractivity (Wildman–Crippen MR) is 64.9 cm³/mol. The molecule has 1 saturated heterocycles. The summed E-state index contributed by atoms with van der Waals surface area (Å²) in [6, 6.07) is 0. The van der Waals surface area contributed by atoms with Gasteiger partial charge >= 0.3 is 5.97 Å². The van der Waals surface area contributed by atoms with Gasteiger partial charge in [0.25, 0.3) is 0 Å². The summed E-state index contributed by atoms with van der Waals surface area (Å²) in [6.45, 7) is 2.96. The van der Waals surface area contributed by atoms with Crippen LogP contribution in [-0.2, 0) is 14.4 Å². The molecule has 1 aliphatic rings. The number of hydrogen-bond donors (Lipinski definition) is 2. The van der Waals surface area contributed by atoms with Crippen molar-refractivity contribution in [2.75, 3.05) is 19.6 Å². The van der Waals surface area contributed by atoms with Gasteiger partial charge in [-0.2, -0.15) is 0 Å². The molecule has 6 nitrogen and oxygen atoms in total. The van der Waals surface area contributed by atoms with E-state index in [0.717, 1.165) is 12.8 Å². The molecule has 6 heteroatoms. The van der Waals surface area contributed by atoms with Gasteiger partial charge in [0.05, 0.1) is 0 Å². The highest BCUT2D eigenvalue weighted by atomic mass is 16.4. The van der Waals surface area contributed by atoms with Crippen molar-refractivity contribution in [3.8, 4) is 0 Å². The number of carbonyl (C=O) groups is 3. The van der Waals surface area contributed by atoms with E-state index in [2.05, 4.69) is 5.32 Å². The molecule has 18 heavy (non-hydrogen) atoms. The summed E-state index contributed by atoms with van der Waals surface area (Å²) >= 11 is 0. The monoisotopic (exact) mass is 256 g/mol. The van der Waals surface area contributed by atoms with E-state index in [1.807, 2.05) is 0 Å². The minimum absolute atomic E-state index is 0.0150. The molecule has 0 aromatic rings. The smallest absolute Gasteiger partial charge is 0.303 e. The third-order valence-electron chi connectivity index (χ3n) is 3.05. The number of nitrogens with zero attached hydrogens (tertiary/aromatic N) is 1. The number of piperidine rings is 1. The first-order valence-corrected chi connectivity index (χ1v) is 6.23. The average Bonchev–Trinajstić information content (AvgIpc) is 2.27. The number of amides is 2. The lowest BCUT2D eigenvalue weighted by atomic mass is 9.94. The quantitative estimate of drug-likeness (QED) is 0.737. The fourth-order valence-electron chi connectivity index (χ4n) is 2.21.